The highest BCUT2D eigenvalue weighted by Gasteiger charge is 2.08. The van der Waals surface area contributed by atoms with Crippen molar-refractivity contribution < 1.29 is 13.2 Å². The predicted octanol–water partition coefficient (Wildman–Crippen LogP) is 1.15. The molecule has 0 aliphatic rings. The quantitative estimate of drug-likeness (QED) is 0.784. The highest BCUT2D eigenvalue weighted by atomic mass is 35.7. The Morgan fingerprint density at radius 3 is 2.00 bits per heavy atom. The van der Waals surface area contributed by atoms with Gasteiger partial charge in [-0.1, -0.05) is 0 Å². The van der Waals surface area contributed by atoms with Crippen LogP contribution in [-0.4, -0.2) is 21.4 Å². The van der Waals surface area contributed by atoms with Gasteiger partial charge in [0.1, 0.15) is 0 Å². The van der Waals surface area contributed by atoms with E-state index in [-0.39, 0.29) is 10.8 Å². The molecule has 16 heavy (non-hydrogen) atoms. The van der Waals surface area contributed by atoms with Gasteiger partial charge in [0.05, 0.1) is 4.90 Å². The zero-order valence-corrected chi connectivity index (χ0v) is 10.5. The van der Waals surface area contributed by atoms with Gasteiger partial charge in [-0.25, -0.2) is 8.42 Å². The maximum Gasteiger partial charge on any atom is 0.261 e. The average Bonchev–Trinajstić information content (AvgIpc) is 2.19. The third-order valence-corrected chi connectivity index (χ3v) is 2.83. The van der Waals surface area contributed by atoms with Gasteiger partial charge in [0.2, 0.25) is 5.91 Å². The molecule has 0 unspecified atom stereocenters. The van der Waals surface area contributed by atoms with Crippen molar-refractivity contribution in [2.75, 3.05) is 12.4 Å². The zero-order valence-electron chi connectivity index (χ0n) is 8.90. The first-order valence-electron chi connectivity index (χ1n) is 4.29. The summed E-state index contributed by atoms with van der Waals surface area (Å²) in [7, 11) is 2.91. The molecule has 1 amide bonds. The predicted molar refractivity (Wildman–Crippen MR) is 63.9 cm³/mol. The van der Waals surface area contributed by atoms with Gasteiger partial charge in [-0.3, -0.25) is 4.79 Å². The lowest BCUT2D eigenvalue weighted by Gasteiger charge is -2.01. The van der Waals surface area contributed by atoms with E-state index in [0.29, 0.717) is 5.69 Å². The first kappa shape index (κ1) is 14.9. The van der Waals surface area contributed by atoms with Gasteiger partial charge >= 0.3 is 0 Å². The van der Waals surface area contributed by atoms with Gasteiger partial charge < -0.3 is 11.1 Å². The van der Waals surface area contributed by atoms with Crippen molar-refractivity contribution in [3.63, 3.8) is 0 Å². The second kappa shape index (κ2) is 6.47. The Bertz CT molecular complexity index is 442. The van der Waals surface area contributed by atoms with Crippen LogP contribution < -0.4 is 11.1 Å². The van der Waals surface area contributed by atoms with Crippen LogP contribution in [0.1, 0.15) is 6.92 Å². The van der Waals surface area contributed by atoms with Crippen molar-refractivity contribution in [3.05, 3.63) is 24.3 Å². The molecule has 0 atom stereocenters. The number of amides is 1. The van der Waals surface area contributed by atoms with Crippen molar-refractivity contribution >= 4 is 31.3 Å². The van der Waals surface area contributed by atoms with Crippen LogP contribution in [0.2, 0.25) is 0 Å². The summed E-state index contributed by atoms with van der Waals surface area (Å²) in [4.78, 5) is 10.6. The molecule has 7 heteroatoms. The molecule has 1 aromatic rings. The minimum absolute atomic E-state index is 0.00766. The molecular weight excluding hydrogens is 252 g/mol. The first-order valence-corrected chi connectivity index (χ1v) is 6.60. The molecule has 0 saturated heterocycles. The fourth-order valence-corrected chi connectivity index (χ4v) is 1.67. The van der Waals surface area contributed by atoms with Gasteiger partial charge in [0.25, 0.3) is 9.05 Å². The maximum absolute atomic E-state index is 10.8. The Labute approximate surface area is 99.0 Å². The smallest absolute Gasteiger partial charge is 0.261 e. The van der Waals surface area contributed by atoms with Crippen LogP contribution in [0.5, 0.6) is 0 Å². The van der Waals surface area contributed by atoms with E-state index in [4.69, 9.17) is 10.7 Å². The Morgan fingerprint density at radius 2 is 1.69 bits per heavy atom. The molecule has 0 aromatic heterocycles. The van der Waals surface area contributed by atoms with Crippen LogP contribution in [0.4, 0.5) is 5.69 Å². The molecule has 5 nitrogen and oxygen atoms in total. The van der Waals surface area contributed by atoms with E-state index < -0.39 is 9.05 Å². The molecule has 0 saturated carbocycles. The molecular formula is C9H13ClN2O3S. The standard InChI is InChI=1S/C8H8ClNO3S.CH5N/c1-6(11)10-7-2-4-8(5-3-7)14(9,12)13;1-2/h2-5H,1H3,(H,10,11);2H2,1H3. The number of carbonyl (C=O) groups excluding carboxylic acids is 1. The summed E-state index contributed by atoms with van der Waals surface area (Å²) in [6.45, 7) is 1.37. The number of rotatable bonds is 2. The average molecular weight is 265 g/mol. The normalized spacial score (nSPS) is 10.0. The van der Waals surface area contributed by atoms with Crippen LogP contribution in [0, 0.1) is 0 Å². The van der Waals surface area contributed by atoms with Crippen LogP contribution in [0.15, 0.2) is 29.2 Å². The Hall–Kier alpha value is -1.11. The molecule has 0 bridgehead atoms. The number of hydrogen-bond donors (Lipinski definition) is 2. The Kier molecular flexibility index (Phi) is 6.02. The second-order valence-corrected chi connectivity index (χ2v) is 5.21. The molecule has 0 aliphatic carbocycles. The zero-order chi connectivity index (χ0) is 12.8. The van der Waals surface area contributed by atoms with Crippen LogP contribution in [0.3, 0.4) is 0 Å². The molecule has 0 aliphatic heterocycles. The fourth-order valence-electron chi connectivity index (χ4n) is 0.904. The molecule has 0 fully saturated rings. The molecule has 90 valence electrons. The van der Waals surface area contributed by atoms with Crippen LogP contribution >= 0.6 is 10.7 Å². The summed E-state index contributed by atoms with van der Waals surface area (Å²) in [5.74, 6) is -0.216. The van der Waals surface area contributed by atoms with E-state index in [1.54, 1.807) is 0 Å². The third kappa shape index (κ3) is 5.11. The second-order valence-electron chi connectivity index (χ2n) is 2.64. The lowest BCUT2D eigenvalue weighted by molar-refractivity contribution is -0.114. The van der Waals surface area contributed by atoms with E-state index in [9.17, 15) is 13.2 Å². The third-order valence-electron chi connectivity index (χ3n) is 1.46. The summed E-state index contributed by atoms with van der Waals surface area (Å²) < 4.78 is 21.7. The number of nitrogens with two attached hydrogens (primary N) is 1. The Balaban J connectivity index is 0.00000106. The molecule has 1 aromatic carbocycles. The minimum atomic E-state index is -3.69. The van der Waals surface area contributed by atoms with Crippen LogP contribution in [0.25, 0.3) is 0 Å². The monoisotopic (exact) mass is 264 g/mol. The molecule has 3 N–H and O–H groups in total. The summed E-state index contributed by atoms with van der Waals surface area (Å²) in [5.41, 5.74) is 5.03. The number of carbonyl (C=O) groups is 1. The van der Waals surface area contributed by atoms with Gasteiger partial charge in [0, 0.05) is 23.3 Å². The van der Waals surface area contributed by atoms with E-state index in [0.717, 1.165) is 0 Å². The maximum atomic E-state index is 10.8. The number of benzene rings is 1. The van der Waals surface area contributed by atoms with Crippen molar-refractivity contribution in [3.8, 4) is 0 Å². The van der Waals surface area contributed by atoms with Gasteiger partial charge in [-0.05, 0) is 31.3 Å². The number of hydrogen-bond acceptors (Lipinski definition) is 4. The summed E-state index contributed by atoms with van der Waals surface area (Å²) in [6.07, 6.45) is 0. The van der Waals surface area contributed by atoms with Gasteiger partial charge in [-0.15, -0.1) is 0 Å². The fraction of sp³-hybridized carbons (Fsp3) is 0.222. The first-order chi connectivity index (χ1) is 7.39. The van der Waals surface area contributed by atoms with E-state index in [2.05, 4.69) is 11.1 Å². The molecule has 0 spiro atoms. The molecule has 0 heterocycles. The lowest BCUT2D eigenvalue weighted by atomic mass is 10.3. The van der Waals surface area contributed by atoms with E-state index >= 15 is 0 Å². The summed E-state index contributed by atoms with van der Waals surface area (Å²) in [6, 6.07) is 5.59. The van der Waals surface area contributed by atoms with E-state index in [1.807, 2.05) is 0 Å². The lowest BCUT2D eigenvalue weighted by Crippen LogP contribution is -2.05. The molecule has 0 radical (unpaired) electrons. The minimum Gasteiger partial charge on any atom is -0.333 e. The highest BCUT2D eigenvalue weighted by molar-refractivity contribution is 8.13. The van der Waals surface area contributed by atoms with Crippen molar-refractivity contribution in [2.45, 2.75) is 11.8 Å². The highest BCUT2D eigenvalue weighted by Crippen LogP contribution is 2.17. The number of nitrogens with one attached hydrogen (secondary N) is 1. The van der Waals surface area contributed by atoms with Crippen molar-refractivity contribution in [1.82, 2.24) is 0 Å². The largest absolute Gasteiger partial charge is 0.333 e. The number of anilines is 1. The summed E-state index contributed by atoms with van der Waals surface area (Å²) >= 11 is 0. The van der Waals surface area contributed by atoms with Gasteiger partial charge in [-0.2, -0.15) is 0 Å². The topological polar surface area (TPSA) is 89.3 Å². The molecule has 1 rings (SSSR count). The van der Waals surface area contributed by atoms with Crippen molar-refractivity contribution in [1.29, 1.82) is 0 Å². The SMILES string of the molecule is CC(=O)Nc1ccc(S(=O)(=O)Cl)cc1.CN. The van der Waals surface area contributed by atoms with Crippen LogP contribution in [-0.2, 0) is 13.8 Å². The van der Waals surface area contributed by atoms with E-state index in [1.165, 1.54) is 38.2 Å². The van der Waals surface area contributed by atoms with Gasteiger partial charge in [0.15, 0.2) is 0 Å². The van der Waals surface area contributed by atoms with Crippen molar-refractivity contribution in [2.24, 2.45) is 5.73 Å². The summed E-state index contributed by atoms with van der Waals surface area (Å²) in [5, 5.41) is 2.51. The Morgan fingerprint density at radius 1 is 1.25 bits per heavy atom. The number of halogens is 1.